The van der Waals surface area contributed by atoms with Gasteiger partial charge in [0.2, 0.25) is 0 Å². The van der Waals surface area contributed by atoms with E-state index in [2.05, 4.69) is 0 Å². The first kappa shape index (κ1) is 28.1. The maximum Gasteiger partial charge on any atom is 2.00 e. The minimum atomic E-state index is -1.01. The van der Waals surface area contributed by atoms with Gasteiger partial charge in [-0.3, -0.25) is 0 Å². The zero-order chi connectivity index (χ0) is 17.4. The van der Waals surface area contributed by atoms with Crippen molar-refractivity contribution in [1.29, 1.82) is 0 Å². The summed E-state index contributed by atoms with van der Waals surface area (Å²) in [7, 11) is 0. The quantitative estimate of drug-likeness (QED) is 0.323. The van der Waals surface area contributed by atoms with Crippen LogP contribution in [-0.2, 0) is 9.59 Å². The molecule has 0 amide bonds. The molecule has 23 heavy (non-hydrogen) atoms. The number of rotatable bonds is 10. The van der Waals surface area contributed by atoms with Crippen molar-refractivity contribution in [2.75, 3.05) is 0 Å². The van der Waals surface area contributed by atoms with Crippen LogP contribution in [0.5, 0.6) is 0 Å². The molecule has 2 atom stereocenters. The van der Waals surface area contributed by atoms with E-state index < -0.39 is 11.9 Å². The van der Waals surface area contributed by atoms with Crippen LogP contribution in [0.4, 0.5) is 0 Å². The Hall–Kier alpha value is 0.260. The minimum Gasteiger partial charge on any atom is -0.550 e. The van der Waals surface area contributed by atoms with E-state index in [0.717, 1.165) is 12.8 Å². The summed E-state index contributed by atoms with van der Waals surface area (Å²) >= 11 is 11.3. The molecule has 0 aromatic heterocycles. The third-order valence-electron chi connectivity index (χ3n) is 2.29. The van der Waals surface area contributed by atoms with Crippen molar-refractivity contribution in [2.45, 2.75) is 63.1 Å². The van der Waals surface area contributed by atoms with Crippen LogP contribution in [-0.4, -0.2) is 60.4 Å². The van der Waals surface area contributed by atoms with Crippen LogP contribution in [0.3, 0.4) is 0 Å². The summed E-state index contributed by atoms with van der Waals surface area (Å²) in [4.78, 5) is 19.9. The smallest absolute Gasteiger partial charge is 0.550 e. The number of carbonyl (C=O) groups is 2. The molecule has 0 saturated carbocycles. The van der Waals surface area contributed by atoms with Gasteiger partial charge in [0.25, 0.3) is 0 Å². The molecule has 0 aliphatic rings. The van der Waals surface area contributed by atoms with Crippen LogP contribution in [0.15, 0.2) is 24.3 Å². The second-order valence-electron chi connectivity index (χ2n) is 4.80. The zero-order valence-electron chi connectivity index (χ0n) is 13.8. The molecule has 0 aromatic rings. The fourth-order valence-corrected chi connectivity index (χ4v) is 1.41. The molecule has 0 radical (unpaired) electrons. The number of aliphatic carboxylic acids is 2. The van der Waals surface area contributed by atoms with Crippen LogP contribution in [0, 0.1) is 0 Å². The normalized spacial score (nSPS) is 13.0. The molecule has 0 spiro atoms. The third-order valence-corrected chi connectivity index (χ3v) is 2.64. The number of carboxylic acid groups (broad SMARTS) is 2. The summed E-state index contributed by atoms with van der Waals surface area (Å²) in [5.41, 5.74) is 0. The summed E-state index contributed by atoms with van der Waals surface area (Å²) in [6.45, 7) is 3.79. The van der Waals surface area contributed by atoms with E-state index in [4.69, 9.17) is 23.2 Å². The number of allylic oxidation sites excluding steroid dienone is 4. The minimum absolute atomic E-state index is 0. The summed E-state index contributed by atoms with van der Waals surface area (Å²) < 4.78 is 0. The molecule has 0 heterocycles. The van der Waals surface area contributed by atoms with Gasteiger partial charge in [-0.05, 0) is 52.4 Å². The van der Waals surface area contributed by atoms with Gasteiger partial charge in [0.1, 0.15) is 0 Å². The summed E-state index contributed by atoms with van der Waals surface area (Å²) in [6, 6.07) is 0. The summed E-state index contributed by atoms with van der Waals surface area (Å²) in [5.74, 6) is -2.01. The van der Waals surface area contributed by atoms with E-state index in [1.807, 2.05) is 38.2 Å². The van der Waals surface area contributed by atoms with Crippen molar-refractivity contribution in [3.8, 4) is 0 Å². The molecule has 0 saturated heterocycles. The first-order chi connectivity index (χ1) is 10.3. The topological polar surface area (TPSA) is 80.3 Å². The standard InChI is InChI=1S/2C8H13ClO2.Ca/c2*1-7(9)5-3-2-4-6-8(10)11;/h2*2-3,7H,4-6H2,1H3,(H,10,11);/q;;+2/p-2/b2*3-2+;. The van der Waals surface area contributed by atoms with Gasteiger partial charge in [-0.15, -0.1) is 23.2 Å². The number of halogens is 2. The van der Waals surface area contributed by atoms with E-state index in [1.54, 1.807) is 0 Å². The first-order valence-electron chi connectivity index (χ1n) is 7.23. The largest absolute Gasteiger partial charge is 2.00 e. The second kappa shape index (κ2) is 20.3. The predicted molar refractivity (Wildman–Crippen MR) is 92.4 cm³/mol. The predicted octanol–water partition coefficient (Wildman–Crippen LogP) is 1.80. The fraction of sp³-hybridized carbons (Fsp3) is 0.625. The Labute approximate surface area is 178 Å². The number of carboxylic acids is 2. The van der Waals surface area contributed by atoms with Crippen LogP contribution >= 0.6 is 23.2 Å². The van der Waals surface area contributed by atoms with Gasteiger partial charge < -0.3 is 19.8 Å². The monoisotopic (exact) mass is 390 g/mol. The summed E-state index contributed by atoms with van der Waals surface area (Å²) in [5, 5.41) is 20.1. The molecule has 0 aliphatic carbocycles. The average Bonchev–Trinajstić information content (AvgIpc) is 2.37. The molecule has 2 unspecified atom stereocenters. The van der Waals surface area contributed by atoms with Crippen molar-refractivity contribution in [2.24, 2.45) is 0 Å². The molecule has 0 fully saturated rings. The van der Waals surface area contributed by atoms with Gasteiger partial charge in [0, 0.05) is 22.7 Å². The number of hydrogen-bond donors (Lipinski definition) is 0. The molecule has 0 aliphatic heterocycles. The van der Waals surface area contributed by atoms with Crippen LogP contribution in [0.2, 0.25) is 0 Å². The Bertz CT molecular complexity index is 322. The van der Waals surface area contributed by atoms with E-state index >= 15 is 0 Å². The SMILES string of the molecule is CC(Cl)C/C=C/CCC(=O)[O-].CC(Cl)C/C=C/CCC(=O)[O-].[Ca+2]. The Morgan fingerprint density at radius 2 is 1.13 bits per heavy atom. The molecule has 0 aromatic carbocycles. The number of carbonyl (C=O) groups excluding carboxylic acids is 2. The zero-order valence-corrected chi connectivity index (χ0v) is 17.5. The Morgan fingerprint density at radius 1 is 0.826 bits per heavy atom. The molecular formula is C16H24CaCl2O4. The summed E-state index contributed by atoms with van der Waals surface area (Å²) in [6.07, 6.45) is 10.2. The molecule has 0 bridgehead atoms. The number of hydrogen-bond acceptors (Lipinski definition) is 4. The van der Waals surface area contributed by atoms with Gasteiger partial charge in [-0.1, -0.05) is 24.3 Å². The van der Waals surface area contributed by atoms with Crippen molar-refractivity contribution in [3.63, 3.8) is 0 Å². The second-order valence-corrected chi connectivity index (χ2v) is 6.29. The van der Waals surface area contributed by atoms with Crippen molar-refractivity contribution in [3.05, 3.63) is 24.3 Å². The van der Waals surface area contributed by atoms with Crippen LogP contribution in [0.25, 0.3) is 0 Å². The maximum absolute atomic E-state index is 9.93. The van der Waals surface area contributed by atoms with Crippen molar-refractivity contribution < 1.29 is 19.8 Å². The number of alkyl halides is 2. The third kappa shape index (κ3) is 34.6. The van der Waals surface area contributed by atoms with E-state index in [0.29, 0.717) is 12.8 Å². The molecular weight excluding hydrogens is 367 g/mol. The molecule has 0 N–H and O–H groups in total. The Kier molecular flexibility index (Phi) is 24.8. The van der Waals surface area contributed by atoms with Gasteiger partial charge in [-0.25, -0.2) is 0 Å². The van der Waals surface area contributed by atoms with Crippen LogP contribution in [0.1, 0.15) is 52.4 Å². The maximum atomic E-state index is 9.93. The van der Waals surface area contributed by atoms with E-state index in [1.165, 1.54) is 0 Å². The fourth-order valence-electron chi connectivity index (χ4n) is 1.21. The van der Waals surface area contributed by atoms with Gasteiger partial charge in [0.15, 0.2) is 0 Å². The van der Waals surface area contributed by atoms with E-state index in [9.17, 15) is 19.8 Å². The Balaban J connectivity index is -0.000000333. The van der Waals surface area contributed by atoms with Gasteiger partial charge in [-0.2, -0.15) is 0 Å². The van der Waals surface area contributed by atoms with Gasteiger partial charge in [0.05, 0.1) is 0 Å². The molecule has 4 nitrogen and oxygen atoms in total. The van der Waals surface area contributed by atoms with Crippen molar-refractivity contribution >= 4 is 72.9 Å². The average molecular weight is 391 g/mol. The molecule has 128 valence electrons. The van der Waals surface area contributed by atoms with Crippen molar-refractivity contribution in [1.82, 2.24) is 0 Å². The van der Waals surface area contributed by atoms with Crippen LogP contribution < -0.4 is 10.2 Å². The molecule has 7 heteroatoms. The van der Waals surface area contributed by atoms with Gasteiger partial charge >= 0.3 is 37.7 Å². The molecule has 0 rings (SSSR count). The Morgan fingerprint density at radius 3 is 1.35 bits per heavy atom. The first-order valence-corrected chi connectivity index (χ1v) is 8.10. The van der Waals surface area contributed by atoms with E-state index in [-0.39, 0.29) is 61.3 Å².